The summed E-state index contributed by atoms with van der Waals surface area (Å²) in [5.74, 6) is -1.52. The first-order valence-electron chi connectivity index (χ1n) is 12.4. The van der Waals surface area contributed by atoms with Crippen LogP contribution < -0.4 is 10.1 Å². The van der Waals surface area contributed by atoms with Gasteiger partial charge in [0.05, 0.1) is 42.9 Å². The second kappa shape index (κ2) is 9.65. The average Bonchev–Trinajstić information content (AvgIpc) is 3.41. The number of hydrogen-bond donors (Lipinski definition) is 2. The number of rotatable bonds is 9. The molecule has 9 heteroatoms. The van der Waals surface area contributed by atoms with Crippen molar-refractivity contribution in [1.82, 2.24) is 4.90 Å². The number of ether oxygens (including phenoxy) is 2. The molecule has 8 nitrogen and oxygen atoms in total. The molecule has 7 atom stereocenters. The molecule has 1 aromatic rings. The predicted octanol–water partition coefficient (Wildman–Crippen LogP) is 3.09. The van der Waals surface area contributed by atoms with Gasteiger partial charge in [0.2, 0.25) is 11.8 Å². The van der Waals surface area contributed by atoms with Crippen LogP contribution in [0.3, 0.4) is 0 Å². The van der Waals surface area contributed by atoms with Gasteiger partial charge in [0.25, 0.3) is 0 Å². The minimum atomic E-state index is -0.806. The first kappa shape index (κ1) is 25.8. The number of aliphatic hydroxyl groups is 1. The van der Waals surface area contributed by atoms with Crippen LogP contribution in [0.15, 0.2) is 24.3 Å². The minimum Gasteiger partial charge on any atom is -0.497 e. The maximum Gasteiger partial charge on any atom is 0.311 e. The van der Waals surface area contributed by atoms with E-state index in [9.17, 15) is 19.5 Å². The van der Waals surface area contributed by atoms with E-state index in [-0.39, 0.29) is 36.9 Å². The van der Waals surface area contributed by atoms with Gasteiger partial charge < -0.3 is 24.8 Å². The molecular formula is C26H36N2O6S. The van der Waals surface area contributed by atoms with Gasteiger partial charge in [-0.15, -0.1) is 11.8 Å². The van der Waals surface area contributed by atoms with Crippen LogP contribution in [0.25, 0.3) is 0 Å². The summed E-state index contributed by atoms with van der Waals surface area (Å²) in [4.78, 5) is 42.8. The van der Waals surface area contributed by atoms with Crippen LogP contribution in [0.2, 0.25) is 0 Å². The molecule has 0 aliphatic carbocycles. The average molecular weight is 505 g/mol. The first-order chi connectivity index (χ1) is 16.7. The molecule has 0 saturated carbocycles. The lowest BCUT2D eigenvalue weighted by atomic mass is 9.66. The van der Waals surface area contributed by atoms with Crippen molar-refractivity contribution < 1.29 is 29.0 Å². The second-order valence-electron chi connectivity index (χ2n) is 10.1. The fourth-order valence-electron chi connectivity index (χ4n) is 6.31. The number of thioether (sulfide) groups is 1. The highest BCUT2D eigenvalue weighted by atomic mass is 32.2. The molecule has 3 fully saturated rings. The fraction of sp³-hybridized carbons (Fsp3) is 0.654. The number of methoxy groups -OCH3 is 1. The number of nitrogens with zero attached hydrogens (tertiary/aromatic N) is 1. The summed E-state index contributed by atoms with van der Waals surface area (Å²) in [6.07, 6.45) is 2.11. The third-order valence-electron chi connectivity index (χ3n) is 8.21. The Labute approximate surface area is 211 Å². The number of esters is 1. The molecule has 3 heterocycles. The van der Waals surface area contributed by atoms with Crippen LogP contribution in [-0.4, -0.2) is 69.7 Å². The molecule has 3 aliphatic rings. The Morgan fingerprint density at radius 3 is 2.51 bits per heavy atom. The number of amides is 2. The SMILES string of the molecule is CCOC(=O)[C@@H]1[C@H]2C(=O)N([C@@H](CO)[C@@H](C)CC)C(C(=O)Nc3ccc(OC)cc3)C23CC[C@@]1(C)S3. The number of hydrogen-bond acceptors (Lipinski definition) is 7. The Morgan fingerprint density at radius 1 is 1.26 bits per heavy atom. The van der Waals surface area contributed by atoms with E-state index in [1.807, 2.05) is 20.8 Å². The van der Waals surface area contributed by atoms with Crippen LogP contribution in [0, 0.1) is 17.8 Å². The van der Waals surface area contributed by atoms with E-state index in [0.717, 1.165) is 12.8 Å². The summed E-state index contributed by atoms with van der Waals surface area (Å²) in [6.45, 7) is 7.74. The highest BCUT2D eigenvalue weighted by Crippen LogP contribution is 2.71. The molecule has 2 amide bonds. The van der Waals surface area contributed by atoms with Crippen molar-refractivity contribution in [2.45, 2.75) is 68.5 Å². The molecular weight excluding hydrogens is 468 g/mol. The van der Waals surface area contributed by atoms with Crippen molar-refractivity contribution in [1.29, 1.82) is 0 Å². The van der Waals surface area contributed by atoms with Crippen molar-refractivity contribution in [2.75, 3.05) is 25.6 Å². The van der Waals surface area contributed by atoms with E-state index in [4.69, 9.17) is 9.47 Å². The molecule has 35 heavy (non-hydrogen) atoms. The molecule has 4 rings (SSSR count). The molecule has 3 aliphatic heterocycles. The Balaban J connectivity index is 1.77. The van der Waals surface area contributed by atoms with Gasteiger partial charge in [-0.3, -0.25) is 14.4 Å². The number of aliphatic hydroxyl groups excluding tert-OH is 1. The van der Waals surface area contributed by atoms with E-state index in [1.165, 1.54) is 0 Å². The van der Waals surface area contributed by atoms with Gasteiger partial charge in [-0.2, -0.15) is 0 Å². The molecule has 2 N–H and O–H groups in total. The van der Waals surface area contributed by atoms with Gasteiger partial charge in [0.15, 0.2) is 0 Å². The van der Waals surface area contributed by atoms with Gasteiger partial charge in [-0.25, -0.2) is 0 Å². The van der Waals surface area contributed by atoms with Crippen LogP contribution in [-0.2, 0) is 19.1 Å². The zero-order valence-corrected chi connectivity index (χ0v) is 21.9. The lowest BCUT2D eigenvalue weighted by Crippen LogP contribution is -2.56. The third-order valence-corrected chi connectivity index (χ3v) is 10.2. The number of fused-ring (bicyclic) bond motifs is 1. The number of anilines is 1. The zero-order chi connectivity index (χ0) is 25.5. The molecule has 3 saturated heterocycles. The van der Waals surface area contributed by atoms with Gasteiger partial charge in [0.1, 0.15) is 11.8 Å². The maximum atomic E-state index is 14.1. The summed E-state index contributed by atoms with van der Waals surface area (Å²) in [6, 6.07) is 5.71. The van der Waals surface area contributed by atoms with Crippen LogP contribution >= 0.6 is 11.8 Å². The molecule has 1 spiro atoms. The second-order valence-corrected chi connectivity index (χ2v) is 12.0. The highest BCUT2D eigenvalue weighted by molar-refractivity contribution is 8.02. The predicted molar refractivity (Wildman–Crippen MR) is 134 cm³/mol. The van der Waals surface area contributed by atoms with E-state index in [0.29, 0.717) is 17.9 Å². The maximum absolute atomic E-state index is 14.1. The summed E-state index contributed by atoms with van der Waals surface area (Å²) in [5.41, 5.74) is 0.595. The highest BCUT2D eigenvalue weighted by Gasteiger charge is 2.78. The summed E-state index contributed by atoms with van der Waals surface area (Å²) in [5, 5.41) is 13.3. The lowest BCUT2D eigenvalue weighted by molar-refractivity contribution is -0.155. The van der Waals surface area contributed by atoms with Crippen LogP contribution in [0.1, 0.15) is 47.0 Å². The summed E-state index contributed by atoms with van der Waals surface area (Å²) in [7, 11) is 1.58. The Kier molecular flexibility index (Phi) is 7.12. The van der Waals surface area contributed by atoms with Crippen LogP contribution in [0.4, 0.5) is 5.69 Å². The fourth-order valence-corrected chi connectivity index (χ4v) is 8.64. The number of carbonyl (C=O) groups is 3. The van der Waals surface area contributed by atoms with Crippen molar-refractivity contribution in [3.05, 3.63) is 24.3 Å². The number of likely N-dealkylation sites (tertiary alicyclic amines) is 1. The zero-order valence-electron chi connectivity index (χ0n) is 21.1. The largest absolute Gasteiger partial charge is 0.497 e. The molecule has 1 aromatic carbocycles. The Bertz CT molecular complexity index is 987. The molecule has 2 bridgehead atoms. The van der Waals surface area contributed by atoms with E-state index < -0.39 is 33.4 Å². The van der Waals surface area contributed by atoms with Crippen molar-refractivity contribution in [3.8, 4) is 5.75 Å². The van der Waals surface area contributed by atoms with Gasteiger partial charge in [-0.05, 0) is 56.9 Å². The normalized spacial score (nSPS) is 32.8. The van der Waals surface area contributed by atoms with Gasteiger partial charge in [0, 0.05) is 10.4 Å². The first-order valence-corrected chi connectivity index (χ1v) is 13.2. The molecule has 192 valence electrons. The molecule has 0 radical (unpaired) electrons. The topological polar surface area (TPSA) is 105 Å². The summed E-state index contributed by atoms with van der Waals surface area (Å²) >= 11 is 1.60. The summed E-state index contributed by atoms with van der Waals surface area (Å²) < 4.78 is 9.41. The Hall–Kier alpha value is -2.26. The number of nitrogens with one attached hydrogen (secondary N) is 1. The monoisotopic (exact) mass is 504 g/mol. The number of benzene rings is 1. The number of carbonyl (C=O) groups excluding carboxylic acids is 3. The third kappa shape index (κ3) is 4.00. The van der Waals surface area contributed by atoms with Crippen molar-refractivity contribution in [2.24, 2.45) is 17.8 Å². The smallest absolute Gasteiger partial charge is 0.311 e. The molecule has 0 aromatic heterocycles. The van der Waals surface area contributed by atoms with E-state index in [2.05, 4.69) is 5.32 Å². The van der Waals surface area contributed by atoms with E-state index in [1.54, 1.807) is 55.0 Å². The quantitative estimate of drug-likeness (QED) is 0.498. The van der Waals surface area contributed by atoms with Crippen molar-refractivity contribution in [3.63, 3.8) is 0 Å². The van der Waals surface area contributed by atoms with Gasteiger partial charge >= 0.3 is 5.97 Å². The van der Waals surface area contributed by atoms with Crippen LogP contribution in [0.5, 0.6) is 5.75 Å². The Morgan fingerprint density at radius 2 is 1.94 bits per heavy atom. The van der Waals surface area contributed by atoms with Crippen molar-refractivity contribution >= 4 is 35.2 Å². The molecule has 2 unspecified atom stereocenters. The van der Waals surface area contributed by atoms with Gasteiger partial charge in [-0.1, -0.05) is 20.3 Å². The lowest BCUT2D eigenvalue weighted by Gasteiger charge is -2.39. The standard InChI is InChI=1S/C26H36N2O6S/c1-6-15(3)18(14-29)28-21(22(30)27-16-8-10-17(33-5)11-9-16)26-13-12-25(4,35-26)20(19(26)23(28)31)24(32)34-7-2/h8-11,15,18-21,29H,6-7,12-14H2,1-5H3,(H,27,30)/t15-,18-,19-,20-,21?,25+,26?/m0/s1. The minimum absolute atomic E-state index is 0.0192. The van der Waals surface area contributed by atoms with E-state index >= 15 is 0 Å².